The van der Waals surface area contributed by atoms with Crippen LogP contribution in [0.15, 0.2) is 53.9 Å². The average Bonchev–Trinajstić information content (AvgIpc) is 3.30. The molecule has 0 atom stereocenters. The van der Waals surface area contributed by atoms with Crippen LogP contribution in [0.4, 0.5) is 0 Å². The number of aryl methyl sites for hydroxylation is 1. The Morgan fingerprint density at radius 3 is 2.69 bits per heavy atom. The van der Waals surface area contributed by atoms with E-state index in [1.54, 1.807) is 35.6 Å². The summed E-state index contributed by atoms with van der Waals surface area (Å²) >= 11 is 7.37. The third-order valence-electron chi connectivity index (χ3n) is 4.35. The first-order chi connectivity index (χ1) is 14.1. The van der Waals surface area contributed by atoms with E-state index in [0.717, 1.165) is 16.2 Å². The number of nitrogens with one attached hydrogen (secondary N) is 1. The van der Waals surface area contributed by atoms with Gasteiger partial charge in [-0.05, 0) is 31.2 Å². The van der Waals surface area contributed by atoms with E-state index in [2.05, 4.69) is 22.3 Å². The van der Waals surface area contributed by atoms with Gasteiger partial charge >= 0.3 is 0 Å². The number of aromatic nitrogens is 3. The van der Waals surface area contributed by atoms with E-state index in [-0.39, 0.29) is 12.5 Å². The van der Waals surface area contributed by atoms with Crippen molar-refractivity contribution in [2.45, 2.75) is 13.3 Å². The Balaban J connectivity index is 1.32. The smallest absolute Gasteiger partial charge is 0.257 e. The number of hydrogen-bond donors (Lipinski definition) is 1. The van der Waals surface area contributed by atoms with Gasteiger partial charge in [-0.1, -0.05) is 41.4 Å². The molecule has 0 aliphatic rings. The minimum absolute atomic E-state index is 0.0401. The van der Waals surface area contributed by atoms with E-state index in [4.69, 9.17) is 16.3 Å². The van der Waals surface area contributed by atoms with E-state index in [0.29, 0.717) is 29.6 Å². The van der Waals surface area contributed by atoms with Gasteiger partial charge in [0, 0.05) is 28.9 Å². The molecule has 148 valence electrons. The Morgan fingerprint density at radius 1 is 1.17 bits per heavy atom. The molecule has 0 spiro atoms. The second kappa shape index (κ2) is 8.63. The van der Waals surface area contributed by atoms with Crippen molar-refractivity contribution in [1.82, 2.24) is 19.9 Å². The molecule has 29 heavy (non-hydrogen) atoms. The van der Waals surface area contributed by atoms with E-state index in [9.17, 15) is 4.79 Å². The third kappa shape index (κ3) is 4.75. The van der Waals surface area contributed by atoms with Crippen LogP contribution in [-0.2, 0) is 11.2 Å². The zero-order chi connectivity index (χ0) is 20.2. The van der Waals surface area contributed by atoms with Crippen LogP contribution in [0.5, 0.6) is 5.75 Å². The van der Waals surface area contributed by atoms with Crippen LogP contribution in [0.25, 0.3) is 16.3 Å². The van der Waals surface area contributed by atoms with Crippen LogP contribution in [0.1, 0.15) is 11.3 Å². The van der Waals surface area contributed by atoms with Crippen LogP contribution < -0.4 is 10.1 Å². The Morgan fingerprint density at radius 2 is 1.93 bits per heavy atom. The van der Waals surface area contributed by atoms with Crippen molar-refractivity contribution in [1.29, 1.82) is 0 Å². The molecule has 0 unspecified atom stereocenters. The molecule has 0 saturated carbocycles. The van der Waals surface area contributed by atoms with Gasteiger partial charge < -0.3 is 10.1 Å². The number of ether oxygens (including phenoxy) is 1. The predicted octanol–water partition coefficient (Wildman–Crippen LogP) is 4.16. The fourth-order valence-corrected chi connectivity index (χ4v) is 3.76. The minimum atomic E-state index is -0.176. The summed E-state index contributed by atoms with van der Waals surface area (Å²) in [6.07, 6.45) is 0.656. The quantitative estimate of drug-likeness (QED) is 0.482. The van der Waals surface area contributed by atoms with Crippen LogP contribution in [-0.4, -0.2) is 33.7 Å². The highest BCUT2D eigenvalue weighted by molar-refractivity contribution is 7.15. The average molecular weight is 427 g/mol. The van der Waals surface area contributed by atoms with Gasteiger partial charge in [0.05, 0.1) is 5.69 Å². The molecule has 0 radical (unpaired) electrons. The van der Waals surface area contributed by atoms with Crippen LogP contribution in [0.3, 0.4) is 0 Å². The molecule has 4 aromatic rings. The van der Waals surface area contributed by atoms with Crippen molar-refractivity contribution >= 4 is 33.8 Å². The predicted molar refractivity (Wildman–Crippen MR) is 115 cm³/mol. The number of carbonyl (C=O) groups is 1. The summed E-state index contributed by atoms with van der Waals surface area (Å²) in [5.74, 6) is 1.14. The maximum atomic E-state index is 12.0. The summed E-state index contributed by atoms with van der Waals surface area (Å²) in [5.41, 5.74) is 3.20. The Bertz CT molecular complexity index is 1120. The summed E-state index contributed by atoms with van der Waals surface area (Å²) in [6.45, 7) is 2.51. The van der Waals surface area contributed by atoms with E-state index >= 15 is 0 Å². The monoisotopic (exact) mass is 426 g/mol. The zero-order valence-corrected chi connectivity index (χ0v) is 17.3. The fourth-order valence-electron chi connectivity index (χ4n) is 2.78. The SMILES string of the molecule is Cc1ccc(-c2nc3scc(CCNC(=O)COc4ccc(Cl)cc4)n3n2)cc1. The number of halogens is 1. The maximum absolute atomic E-state index is 12.0. The molecule has 6 nitrogen and oxygen atoms in total. The molecule has 0 aliphatic carbocycles. The molecule has 2 aromatic heterocycles. The lowest BCUT2D eigenvalue weighted by molar-refractivity contribution is -0.123. The van der Waals surface area contributed by atoms with Crippen molar-refractivity contribution < 1.29 is 9.53 Å². The number of rotatable bonds is 7. The molecule has 0 bridgehead atoms. The first kappa shape index (κ1) is 19.4. The van der Waals surface area contributed by atoms with E-state index < -0.39 is 0 Å². The van der Waals surface area contributed by atoms with Gasteiger partial charge in [-0.3, -0.25) is 4.79 Å². The summed E-state index contributed by atoms with van der Waals surface area (Å²) in [7, 11) is 0. The molecule has 0 aliphatic heterocycles. The van der Waals surface area contributed by atoms with Gasteiger partial charge in [0.1, 0.15) is 5.75 Å². The highest BCUT2D eigenvalue weighted by atomic mass is 35.5. The van der Waals surface area contributed by atoms with E-state index in [1.165, 1.54) is 5.56 Å². The van der Waals surface area contributed by atoms with Gasteiger partial charge in [0.2, 0.25) is 4.96 Å². The van der Waals surface area contributed by atoms with Gasteiger partial charge in [-0.2, -0.15) is 4.98 Å². The first-order valence-corrected chi connectivity index (χ1v) is 10.4. The number of nitrogens with zero attached hydrogens (tertiary/aromatic N) is 3. The van der Waals surface area contributed by atoms with Gasteiger partial charge in [0.15, 0.2) is 12.4 Å². The van der Waals surface area contributed by atoms with Crippen LogP contribution in [0, 0.1) is 6.92 Å². The van der Waals surface area contributed by atoms with Crippen LogP contribution in [0.2, 0.25) is 5.02 Å². The summed E-state index contributed by atoms with van der Waals surface area (Å²) < 4.78 is 7.29. The van der Waals surface area contributed by atoms with Crippen molar-refractivity contribution in [2.75, 3.05) is 13.2 Å². The van der Waals surface area contributed by atoms with Crippen LogP contribution >= 0.6 is 22.9 Å². The van der Waals surface area contributed by atoms with Crippen molar-refractivity contribution in [3.8, 4) is 17.1 Å². The lowest BCUT2D eigenvalue weighted by atomic mass is 10.1. The Hall–Kier alpha value is -2.90. The number of amides is 1. The van der Waals surface area contributed by atoms with Crippen molar-refractivity contribution in [3.05, 3.63) is 70.2 Å². The molecule has 2 heterocycles. The highest BCUT2D eigenvalue weighted by Gasteiger charge is 2.12. The second-order valence-corrected chi connectivity index (χ2v) is 7.84. The normalized spacial score (nSPS) is 11.0. The molecule has 0 fully saturated rings. The fraction of sp³-hybridized carbons (Fsp3) is 0.190. The lowest BCUT2D eigenvalue weighted by Crippen LogP contribution is -2.30. The maximum Gasteiger partial charge on any atom is 0.257 e. The molecule has 4 rings (SSSR count). The molecule has 1 N–H and O–H groups in total. The molecule has 0 saturated heterocycles. The van der Waals surface area contributed by atoms with Gasteiger partial charge in [0.25, 0.3) is 5.91 Å². The van der Waals surface area contributed by atoms with Crippen molar-refractivity contribution in [2.24, 2.45) is 0 Å². The molecule has 1 amide bonds. The second-order valence-electron chi connectivity index (χ2n) is 6.57. The number of benzene rings is 2. The van der Waals surface area contributed by atoms with Crippen molar-refractivity contribution in [3.63, 3.8) is 0 Å². The van der Waals surface area contributed by atoms with E-state index in [1.807, 2.05) is 34.2 Å². The highest BCUT2D eigenvalue weighted by Crippen LogP contribution is 2.21. The lowest BCUT2D eigenvalue weighted by Gasteiger charge is -2.07. The summed E-state index contributed by atoms with van der Waals surface area (Å²) in [5, 5.41) is 10.1. The minimum Gasteiger partial charge on any atom is -0.484 e. The molecular formula is C21H19ClN4O2S. The molecule has 2 aromatic carbocycles. The number of thiazole rings is 1. The Kier molecular flexibility index (Phi) is 5.78. The topological polar surface area (TPSA) is 68.5 Å². The summed E-state index contributed by atoms with van der Waals surface area (Å²) in [4.78, 5) is 17.4. The standard InChI is InChI=1S/C21H19ClN4O2S/c1-14-2-4-15(5-3-14)20-24-21-26(25-20)17(13-29-21)10-11-23-19(27)12-28-18-8-6-16(22)7-9-18/h2-9,13H,10-12H2,1H3,(H,23,27). The molecular weight excluding hydrogens is 408 g/mol. The summed E-state index contributed by atoms with van der Waals surface area (Å²) in [6, 6.07) is 15.0. The largest absolute Gasteiger partial charge is 0.484 e. The first-order valence-electron chi connectivity index (χ1n) is 9.14. The van der Waals surface area contributed by atoms with Gasteiger partial charge in [-0.15, -0.1) is 16.4 Å². The van der Waals surface area contributed by atoms with Gasteiger partial charge in [-0.25, -0.2) is 4.52 Å². The molecule has 8 heteroatoms. The third-order valence-corrected chi connectivity index (χ3v) is 5.46. The number of hydrogen-bond acceptors (Lipinski definition) is 5. The zero-order valence-electron chi connectivity index (χ0n) is 15.8. The number of fused-ring (bicyclic) bond motifs is 1. The Labute approximate surface area is 177 Å². The number of carbonyl (C=O) groups excluding carboxylic acids is 1.